The Morgan fingerprint density at radius 1 is 1.58 bits per heavy atom. The standard InChI is InChI=1S/C8H13N3S/c1-12-6-5-9-7-8-3-2-4-10-11-8/h2-4,9H,5-7H2,1H3. The molecular formula is C8H13N3S. The van der Waals surface area contributed by atoms with Gasteiger partial charge in [0.25, 0.3) is 0 Å². The molecule has 1 heterocycles. The van der Waals surface area contributed by atoms with Gasteiger partial charge in [-0.3, -0.25) is 0 Å². The Kier molecular flexibility index (Phi) is 4.71. The van der Waals surface area contributed by atoms with Crippen LogP contribution >= 0.6 is 11.8 Å². The van der Waals surface area contributed by atoms with E-state index in [2.05, 4.69) is 21.8 Å². The minimum atomic E-state index is 0.814. The van der Waals surface area contributed by atoms with Crippen molar-refractivity contribution < 1.29 is 0 Å². The van der Waals surface area contributed by atoms with Gasteiger partial charge in [-0.05, 0) is 18.4 Å². The first-order valence-corrected chi connectivity index (χ1v) is 5.29. The molecule has 1 aromatic rings. The Morgan fingerprint density at radius 2 is 2.50 bits per heavy atom. The van der Waals surface area contributed by atoms with Crippen molar-refractivity contribution in [2.24, 2.45) is 0 Å². The van der Waals surface area contributed by atoms with Crippen molar-refractivity contribution in [1.82, 2.24) is 15.5 Å². The van der Waals surface area contributed by atoms with Crippen LogP contribution in [0.2, 0.25) is 0 Å². The summed E-state index contributed by atoms with van der Waals surface area (Å²) in [6, 6.07) is 3.87. The lowest BCUT2D eigenvalue weighted by Gasteiger charge is -2.00. The molecule has 0 unspecified atom stereocenters. The second-order valence-corrected chi connectivity index (χ2v) is 3.37. The maximum Gasteiger partial charge on any atom is 0.0768 e. The fraction of sp³-hybridized carbons (Fsp3) is 0.500. The summed E-state index contributed by atoms with van der Waals surface area (Å²) in [5, 5.41) is 11.0. The van der Waals surface area contributed by atoms with Crippen LogP contribution in [0.25, 0.3) is 0 Å². The van der Waals surface area contributed by atoms with Crippen molar-refractivity contribution in [3.63, 3.8) is 0 Å². The summed E-state index contributed by atoms with van der Waals surface area (Å²) >= 11 is 1.84. The SMILES string of the molecule is CSCCNCc1cccnn1. The second kappa shape index (κ2) is 5.97. The molecule has 0 aliphatic heterocycles. The van der Waals surface area contributed by atoms with E-state index < -0.39 is 0 Å². The van der Waals surface area contributed by atoms with E-state index in [9.17, 15) is 0 Å². The van der Waals surface area contributed by atoms with Crippen LogP contribution in [0.1, 0.15) is 5.69 Å². The first-order chi connectivity index (χ1) is 5.93. The topological polar surface area (TPSA) is 37.8 Å². The van der Waals surface area contributed by atoms with Crippen molar-refractivity contribution in [1.29, 1.82) is 0 Å². The fourth-order valence-corrected chi connectivity index (χ4v) is 1.17. The summed E-state index contributed by atoms with van der Waals surface area (Å²) in [6.45, 7) is 1.84. The summed E-state index contributed by atoms with van der Waals surface area (Å²) in [4.78, 5) is 0. The molecule has 0 spiro atoms. The first-order valence-electron chi connectivity index (χ1n) is 3.89. The number of nitrogens with one attached hydrogen (secondary N) is 1. The second-order valence-electron chi connectivity index (χ2n) is 2.38. The lowest BCUT2D eigenvalue weighted by molar-refractivity contribution is 0.703. The van der Waals surface area contributed by atoms with Gasteiger partial charge in [0, 0.05) is 25.0 Å². The molecule has 1 aromatic heterocycles. The zero-order chi connectivity index (χ0) is 8.65. The molecule has 12 heavy (non-hydrogen) atoms. The van der Waals surface area contributed by atoms with Gasteiger partial charge < -0.3 is 5.32 Å². The van der Waals surface area contributed by atoms with Crippen LogP contribution in [0.4, 0.5) is 0 Å². The summed E-state index contributed by atoms with van der Waals surface area (Å²) in [5.41, 5.74) is 0.999. The lowest BCUT2D eigenvalue weighted by atomic mass is 10.4. The highest BCUT2D eigenvalue weighted by Gasteiger charge is 1.91. The van der Waals surface area contributed by atoms with Gasteiger partial charge in [-0.15, -0.1) is 0 Å². The summed E-state index contributed by atoms with van der Waals surface area (Å²) in [5.74, 6) is 1.14. The quantitative estimate of drug-likeness (QED) is 0.689. The highest BCUT2D eigenvalue weighted by atomic mass is 32.2. The lowest BCUT2D eigenvalue weighted by Crippen LogP contribution is -2.17. The number of nitrogens with zero attached hydrogens (tertiary/aromatic N) is 2. The normalized spacial score (nSPS) is 10.1. The molecule has 4 heteroatoms. The van der Waals surface area contributed by atoms with Crippen LogP contribution in [0.5, 0.6) is 0 Å². The van der Waals surface area contributed by atoms with Gasteiger partial charge in [0.15, 0.2) is 0 Å². The molecule has 3 nitrogen and oxygen atoms in total. The van der Waals surface area contributed by atoms with E-state index in [1.54, 1.807) is 6.20 Å². The third-order valence-electron chi connectivity index (χ3n) is 1.42. The predicted molar refractivity (Wildman–Crippen MR) is 52.1 cm³/mol. The molecule has 1 N–H and O–H groups in total. The van der Waals surface area contributed by atoms with Gasteiger partial charge in [-0.2, -0.15) is 22.0 Å². The summed E-state index contributed by atoms with van der Waals surface area (Å²) < 4.78 is 0. The van der Waals surface area contributed by atoms with Crippen molar-refractivity contribution in [2.75, 3.05) is 18.6 Å². The van der Waals surface area contributed by atoms with Crippen molar-refractivity contribution in [3.8, 4) is 0 Å². The maximum absolute atomic E-state index is 3.96. The molecule has 0 atom stereocenters. The van der Waals surface area contributed by atoms with Crippen LogP contribution in [0.3, 0.4) is 0 Å². The minimum Gasteiger partial charge on any atom is -0.310 e. The zero-order valence-corrected chi connectivity index (χ0v) is 7.97. The number of aromatic nitrogens is 2. The number of hydrogen-bond acceptors (Lipinski definition) is 4. The third kappa shape index (κ3) is 3.69. The van der Waals surface area contributed by atoms with Gasteiger partial charge >= 0.3 is 0 Å². The van der Waals surface area contributed by atoms with E-state index in [0.29, 0.717) is 0 Å². The molecule has 0 radical (unpaired) electrons. The molecule has 0 amide bonds. The average molecular weight is 183 g/mol. The molecular weight excluding hydrogens is 170 g/mol. The highest BCUT2D eigenvalue weighted by molar-refractivity contribution is 7.98. The molecule has 1 rings (SSSR count). The Bertz CT molecular complexity index is 203. The Balaban J connectivity index is 2.16. The monoisotopic (exact) mass is 183 g/mol. The Labute approximate surface area is 77.0 Å². The molecule has 66 valence electrons. The molecule has 0 saturated heterocycles. The van der Waals surface area contributed by atoms with E-state index in [4.69, 9.17) is 0 Å². The molecule has 0 aliphatic rings. The number of thioether (sulfide) groups is 1. The van der Waals surface area contributed by atoms with E-state index in [0.717, 1.165) is 24.5 Å². The van der Waals surface area contributed by atoms with Gasteiger partial charge in [0.1, 0.15) is 0 Å². The minimum absolute atomic E-state index is 0.814. The summed E-state index contributed by atoms with van der Waals surface area (Å²) in [6.07, 6.45) is 3.79. The maximum atomic E-state index is 3.96. The molecule has 0 aliphatic carbocycles. The largest absolute Gasteiger partial charge is 0.310 e. The van der Waals surface area contributed by atoms with E-state index in [1.807, 2.05) is 23.9 Å². The van der Waals surface area contributed by atoms with Crippen molar-refractivity contribution in [3.05, 3.63) is 24.0 Å². The predicted octanol–water partition coefficient (Wildman–Crippen LogP) is 0.929. The molecule has 0 aromatic carbocycles. The van der Waals surface area contributed by atoms with Crippen molar-refractivity contribution in [2.45, 2.75) is 6.54 Å². The highest BCUT2D eigenvalue weighted by Crippen LogP contribution is 1.91. The molecule has 0 bridgehead atoms. The Hall–Kier alpha value is -0.610. The van der Waals surface area contributed by atoms with Crippen molar-refractivity contribution >= 4 is 11.8 Å². The average Bonchev–Trinajstić information content (AvgIpc) is 2.14. The van der Waals surface area contributed by atoms with E-state index in [1.165, 1.54) is 0 Å². The van der Waals surface area contributed by atoms with Crippen LogP contribution in [-0.4, -0.2) is 28.8 Å². The third-order valence-corrected chi connectivity index (χ3v) is 2.03. The van der Waals surface area contributed by atoms with Crippen LogP contribution < -0.4 is 5.32 Å². The molecule has 0 saturated carbocycles. The zero-order valence-electron chi connectivity index (χ0n) is 7.16. The van der Waals surface area contributed by atoms with Gasteiger partial charge in [0.05, 0.1) is 5.69 Å². The van der Waals surface area contributed by atoms with Crippen LogP contribution in [0.15, 0.2) is 18.3 Å². The van der Waals surface area contributed by atoms with Gasteiger partial charge in [-0.25, -0.2) is 0 Å². The first kappa shape index (κ1) is 9.48. The van der Waals surface area contributed by atoms with E-state index in [-0.39, 0.29) is 0 Å². The number of rotatable bonds is 5. The molecule has 0 fully saturated rings. The van der Waals surface area contributed by atoms with Crippen LogP contribution in [-0.2, 0) is 6.54 Å². The Morgan fingerprint density at radius 3 is 3.17 bits per heavy atom. The fourth-order valence-electron chi connectivity index (χ4n) is 0.818. The smallest absolute Gasteiger partial charge is 0.0768 e. The summed E-state index contributed by atoms with van der Waals surface area (Å²) in [7, 11) is 0. The number of hydrogen-bond donors (Lipinski definition) is 1. The van der Waals surface area contributed by atoms with Gasteiger partial charge in [-0.1, -0.05) is 0 Å². The van der Waals surface area contributed by atoms with E-state index >= 15 is 0 Å². The van der Waals surface area contributed by atoms with Crippen LogP contribution in [0, 0.1) is 0 Å². The van der Waals surface area contributed by atoms with Gasteiger partial charge in [0.2, 0.25) is 0 Å².